The van der Waals surface area contributed by atoms with Gasteiger partial charge in [-0.1, -0.05) is 12.8 Å². The van der Waals surface area contributed by atoms with E-state index >= 15 is 0 Å². The fourth-order valence-electron chi connectivity index (χ4n) is 4.26. The lowest BCUT2D eigenvalue weighted by atomic mass is 10.1. The van der Waals surface area contributed by atoms with E-state index in [1.54, 1.807) is 45.9 Å². The number of halogens is 1. The lowest BCUT2D eigenvalue weighted by Gasteiger charge is -2.20. The molecule has 0 spiro atoms. The first-order valence-corrected chi connectivity index (χ1v) is 11.8. The summed E-state index contributed by atoms with van der Waals surface area (Å²) in [7, 11) is -3.65. The molecule has 3 aromatic rings. The molecule has 0 saturated heterocycles. The molecule has 2 heterocycles. The minimum atomic E-state index is -3.65. The van der Waals surface area contributed by atoms with Crippen molar-refractivity contribution in [3.63, 3.8) is 0 Å². The van der Waals surface area contributed by atoms with E-state index in [-0.39, 0.29) is 10.7 Å². The van der Waals surface area contributed by atoms with Gasteiger partial charge < -0.3 is 4.57 Å². The maximum atomic E-state index is 14.2. The topological polar surface area (TPSA) is 64.0 Å². The molecule has 7 heteroatoms. The molecule has 1 aliphatic rings. The molecule has 5 nitrogen and oxygen atoms in total. The van der Waals surface area contributed by atoms with Crippen LogP contribution in [0.5, 0.6) is 0 Å². The van der Waals surface area contributed by atoms with Gasteiger partial charge in [0.2, 0.25) is 10.0 Å². The fraction of sp³-hybridized carbons (Fsp3) is 0.435. The van der Waals surface area contributed by atoms with Crippen LogP contribution in [-0.4, -0.2) is 23.5 Å². The largest absolute Gasteiger partial charge is 0.336 e. The molecule has 4 rings (SSSR count). The number of aryl methyl sites for hydroxylation is 1. The molecule has 0 aliphatic heterocycles. The predicted octanol–water partition coefficient (Wildman–Crippen LogP) is 5.34. The number of benzene rings is 1. The molecule has 0 radical (unpaired) electrons. The van der Waals surface area contributed by atoms with Gasteiger partial charge in [0.1, 0.15) is 10.7 Å². The monoisotopic (exact) mass is 429 g/mol. The minimum Gasteiger partial charge on any atom is -0.336 e. The smallest absolute Gasteiger partial charge is 0.242 e. The van der Waals surface area contributed by atoms with Crippen LogP contribution in [-0.2, 0) is 10.0 Å². The van der Waals surface area contributed by atoms with Crippen molar-refractivity contribution in [3.05, 3.63) is 47.9 Å². The highest BCUT2D eigenvalue weighted by molar-refractivity contribution is 7.89. The molecule has 0 bridgehead atoms. The van der Waals surface area contributed by atoms with E-state index in [9.17, 15) is 12.8 Å². The quantitative estimate of drug-likeness (QED) is 0.609. The Morgan fingerprint density at radius 3 is 2.43 bits per heavy atom. The van der Waals surface area contributed by atoms with Crippen LogP contribution in [0, 0.1) is 12.7 Å². The number of fused-ring (bicyclic) bond motifs is 1. The molecule has 0 atom stereocenters. The zero-order valence-corrected chi connectivity index (χ0v) is 18.7. The molecule has 1 N–H and O–H groups in total. The van der Waals surface area contributed by atoms with Crippen molar-refractivity contribution in [1.82, 2.24) is 14.3 Å². The highest BCUT2D eigenvalue weighted by Crippen LogP contribution is 2.38. The summed E-state index contributed by atoms with van der Waals surface area (Å²) in [6.07, 6.45) is 5.90. The third-order valence-corrected chi connectivity index (χ3v) is 7.30. The van der Waals surface area contributed by atoms with Gasteiger partial charge in [0.15, 0.2) is 0 Å². The molecule has 1 fully saturated rings. The summed E-state index contributed by atoms with van der Waals surface area (Å²) < 4.78 is 44.3. The minimum absolute atomic E-state index is 0.131. The van der Waals surface area contributed by atoms with E-state index < -0.39 is 15.6 Å². The lowest BCUT2D eigenvalue weighted by molar-refractivity contribution is 0.491. The Hall–Kier alpha value is -2.25. The molecule has 30 heavy (non-hydrogen) atoms. The fourth-order valence-corrected chi connectivity index (χ4v) is 5.62. The van der Waals surface area contributed by atoms with Crippen molar-refractivity contribution in [2.24, 2.45) is 0 Å². The van der Waals surface area contributed by atoms with Crippen LogP contribution in [0.15, 0.2) is 41.4 Å². The van der Waals surface area contributed by atoms with Crippen molar-refractivity contribution in [2.75, 3.05) is 0 Å². The maximum absolute atomic E-state index is 14.2. The van der Waals surface area contributed by atoms with E-state index in [1.165, 1.54) is 19.0 Å². The van der Waals surface area contributed by atoms with E-state index in [2.05, 4.69) is 14.3 Å². The van der Waals surface area contributed by atoms with Crippen molar-refractivity contribution >= 4 is 20.9 Å². The van der Waals surface area contributed by atoms with Gasteiger partial charge in [0.05, 0.1) is 11.4 Å². The second kappa shape index (κ2) is 7.46. The Kier molecular flexibility index (Phi) is 5.22. The second-order valence-electron chi connectivity index (χ2n) is 9.23. The summed E-state index contributed by atoms with van der Waals surface area (Å²) in [5.74, 6) is -0.222. The molecule has 1 aliphatic carbocycles. The van der Waals surface area contributed by atoms with Crippen LogP contribution in [0.25, 0.3) is 22.3 Å². The molecule has 160 valence electrons. The standard InChI is InChI=1S/C23H28FN3O2S/c1-15-11-21-16(12-19(15)24)13-22(27(21)17-7-5-6-8-17)20-10-9-18(14-25-20)30(28,29)26-23(2,3)4/h9-14,17,26H,5-8H2,1-4H3. The Morgan fingerprint density at radius 2 is 1.83 bits per heavy atom. The third kappa shape index (κ3) is 4.01. The zero-order chi connectivity index (χ0) is 21.7. The molecular weight excluding hydrogens is 401 g/mol. The third-order valence-electron chi connectivity index (χ3n) is 5.56. The Bertz CT molecular complexity index is 1190. The van der Waals surface area contributed by atoms with Crippen molar-refractivity contribution < 1.29 is 12.8 Å². The molecule has 0 amide bonds. The predicted molar refractivity (Wildman–Crippen MR) is 117 cm³/mol. The summed E-state index contributed by atoms with van der Waals surface area (Å²) in [5, 5.41) is 0.841. The van der Waals surface area contributed by atoms with E-state index in [4.69, 9.17) is 0 Å². The van der Waals surface area contributed by atoms with Crippen LogP contribution in [0.1, 0.15) is 58.1 Å². The van der Waals surface area contributed by atoms with Gasteiger partial charge in [-0.15, -0.1) is 0 Å². The first-order chi connectivity index (χ1) is 14.0. The van der Waals surface area contributed by atoms with Crippen molar-refractivity contribution in [1.29, 1.82) is 0 Å². The van der Waals surface area contributed by atoms with Crippen LogP contribution >= 0.6 is 0 Å². The molecule has 1 aromatic carbocycles. The number of rotatable bonds is 4. The molecular formula is C23H28FN3O2S. The average molecular weight is 430 g/mol. The first-order valence-electron chi connectivity index (χ1n) is 10.4. The summed E-state index contributed by atoms with van der Waals surface area (Å²) >= 11 is 0. The van der Waals surface area contributed by atoms with E-state index in [0.717, 1.165) is 29.4 Å². The SMILES string of the molecule is Cc1cc2c(cc1F)cc(-c1ccc(S(=O)(=O)NC(C)(C)C)cn1)n2C1CCCC1. The number of nitrogens with one attached hydrogen (secondary N) is 1. The van der Waals surface area contributed by atoms with Crippen LogP contribution in [0.3, 0.4) is 0 Å². The molecule has 2 aromatic heterocycles. The molecule has 1 saturated carbocycles. The highest BCUT2D eigenvalue weighted by atomic mass is 32.2. The van der Waals surface area contributed by atoms with Gasteiger partial charge in [-0.3, -0.25) is 4.98 Å². The maximum Gasteiger partial charge on any atom is 0.242 e. The molecule has 0 unspecified atom stereocenters. The normalized spacial score (nSPS) is 15.9. The highest BCUT2D eigenvalue weighted by Gasteiger charge is 2.25. The summed E-state index contributed by atoms with van der Waals surface area (Å²) in [6.45, 7) is 7.18. The number of aromatic nitrogens is 2. The van der Waals surface area contributed by atoms with Gasteiger partial charge >= 0.3 is 0 Å². The number of pyridine rings is 1. The second-order valence-corrected chi connectivity index (χ2v) is 10.9. The Morgan fingerprint density at radius 1 is 1.13 bits per heavy atom. The summed E-state index contributed by atoms with van der Waals surface area (Å²) in [5.41, 5.74) is 2.63. The van der Waals surface area contributed by atoms with Crippen molar-refractivity contribution in [3.8, 4) is 11.4 Å². The summed E-state index contributed by atoms with van der Waals surface area (Å²) in [6, 6.07) is 9.10. The van der Waals surface area contributed by atoms with Crippen LogP contribution < -0.4 is 4.72 Å². The average Bonchev–Trinajstić information content (AvgIpc) is 3.28. The van der Waals surface area contributed by atoms with E-state index in [1.807, 2.05) is 12.1 Å². The van der Waals surface area contributed by atoms with Crippen molar-refractivity contribution in [2.45, 2.75) is 69.9 Å². The zero-order valence-electron chi connectivity index (χ0n) is 17.9. The first kappa shape index (κ1) is 21.0. The lowest BCUT2D eigenvalue weighted by Crippen LogP contribution is -2.40. The van der Waals surface area contributed by atoms with Gasteiger partial charge in [0.25, 0.3) is 0 Å². The van der Waals surface area contributed by atoms with E-state index in [0.29, 0.717) is 17.3 Å². The number of nitrogens with zero attached hydrogens (tertiary/aromatic N) is 2. The van der Waals surface area contributed by atoms with Crippen LogP contribution in [0.4, 0.5) is 4.39 Å². The van der Waals surface area contributed by atoms with Gasteiger partial charge in [-0.25, -0.2) is 17.5 Å². The Labute approximate surface area is 177 Å². The number of sulfonamides is 1. The summed E-state index contributed by atoms with van der Waals surface area (Å²) in [4.78, 5) is 4.61. The Balaban J connectivity index is 1.80. The number of hydrogen-bond donors (Lipinski definition) is 1. The van der Waals surface area contributed by atoms with Gasteiger partial charge in [0, 0.05) is 28.7 Å². The number of hydrogen-bond acceptors (Lipinski definition) is 3. The van der Waals surface area contributed by atoms with Gasteiger partial charge in [-0.2, -0.15) is 0 Å². The van der Waals surface area contributed by atoms with Gasteiger partial charge in [-0.05, 0) is 76.4 Å². The van der Waals surface area contributed by atoms with Crippen LogP contribution in [0.2, 0.25) is 0 Å².